The summed E-state index contributed by atoms with van der Waals surface area (Å²) >= 11 is 0. The monoisotopic (exact) mass is 350 g/mol. The van der Waals surface area contributed by atoms with Crippen molar-refractivity contribution in [2.45, 2.75) is 24.5 Å². The molecule has 0 N–H and O–H groups in total. The average Bonchev–Trinajstić information content (AvgIpc) is 2.69. The molecule has 1 aliphatic heterocycles. The second-order valence-electron chi connectivity index (χ2n) is 5.98. The standard InChI is InChI=1S/C19H18N4O3/c1-26-19(25)15(12-13-8-4-2-5-9-13)23-17(14-10-6-3-7-11-14)16(18(23)24)21-22-20/h2-11,15-17H,12H2,1H3. The molecule has 0 aliphatic carbocycles. The lowest BCUT2D eigenvalue weighted by Crippen LogP contribution is -2.64. The van der Waals surface area contributed by atoms with Gasteiger partial charge in [0.15, 0.2) is 0 Å². The fourth-order valence-corrected chi connectivity index (χ4v) is 3.27. The van der Waals surface area contributed by atoms with Gasteiger partial charge in [-0.1, -0.05) is 65.8 Å². The first kappa shape index (κ1) is 17.5. The van der Waals surface area contributed by atoms with Crippen LogP contribution in [-0.2, 0) is 20.7 Å². The summed E-state index contributed by atoms with van der Waals surface area (Å²) in [6, 6.07) is 16.5. The lowest BCUT2D eigenvalue weighted by Gasteiger charge is -2.48. The van der Waals surface area contributed by atoms with Crippen molar-refractivity contribution >= 4 is 11.9 Å². The predicted molar refractivity (Wildman–Crippen MR) is 94.9 cm³/mol. The molecule has 0 saturated carbocycles. The Bertz CT molecular complexity index is 834. The van der Waals surface area contributed by atoms with Crippen molar-refractivity contribution in [3.63, 3.8) is 0 Å². The van der Waals surface area contributed by atoms with E-state index in [1.807, 2.05) is 60.7 Å². The third-order valence-electron chi connectivity index (χ3n) is 4.50. The van der Waals surface area contributed by atoms with Gasteiger partial charge in [-0.3, -0.25) is 4.79 Å². The van der Waals surface area contributed by atoms with Gasteiger partial charge in [-0.15, -0.1) is 0 Å². The summed E-state index contributed by atoms with van der Waals surface area (Å²) in [5.41, 5.74) is 10.5. The van der Waals surface area contributed by atoms with Crippen LogP contribution in [0.25, 0.3) is 10.4 Å². The highest BCUT2D eigenvalue weighted by Gasteiger charge is 2.52. The number of hydrogen-bond donors (Lipinski definition) is 0. The Labute approximate surface area is 150 Å². The van der Waals surface area contributed by atoms with Crippen LogP contribution >= 0.6 is 0 Å². The van der Waals surface area contributed by atoms with Gasteiger partial charge in [0.1, 0.15) is 12.1 Å². The minimum atomic E-state index is -0.856. The van der Waals surface area contributed by atoms with Crippen LogP contribution in [0.5, 0.6) is 0 Å². The highest BCUT2D eigenvalue weighted by Crippen LogP contribution is 2.39. The number of azide groups is 1. The average molecular weight is 350 g/mol. The maximum Gasteiger partial charge on any atom is 0.328 e. The molecule has 3 rings (SSSR count). The van der Waals surface area contributed by atoms with Crippen LogP contribution in [0.4, 0.5) is 0 Å². The fourth-order valence-electron chi connectivity index (χ4n) is 3.27. The summed E-state index contributed by atoms with van der Waals surface area (Å²) in [4.78, 5) is 29.3. The van der Waals surface area contributed by atoms with Gasteiger partial charge in [0, 0.05) is 11.3 Å². The third-order valence-corrected chi connectivity index (χ3v) is 4.50. The van der Waals surface area contributed by atoms with Crippen LogP contribution < -0.4 is 0 Å². The summed E-state index contributed by atoms with van der Waals surface area (Å²) in [7, 11) is 1.30. The van der Waals surface area contributed by atoms with E-state index >= 15 is 0 Å². The van der Waals surface area contributed by atoms with E-state index < -0.39 is 24.1 Å². The number of methoxy groups -OCH3 is 1. The molecule has 0 aromatic heterocycles. The van der Waals surface area contributed by atoms with Crippen LogP contribution in [0.3, 0.4) is 0 Å². The number of β-lactam (4-membered cyclic amide) rings is 1. The zero-order chi connectivity index (χ0) is 18.5. The molecule has 1 fully saturated rings. The number of amides is 1. The first-order valence-corrected chi connectivity index (χ1v) is 8.20. The third kappa shape index (κ3) is 3.25. The van der Waals surface area contributed by atoms with Gasteiger partial charge in [0.05, 0.1) is 13.2 Å². The molecule has 7 nitrogen and oxygen atoms in total. The molecule has 132 valence electrons. The zero-order valence-electron chi connectivity index (χ0n) is 14.2. The van der Waals surface area contributed by atoms with E-state index in [0.717, 1.165) is 11.1 Å². The number of carbonyl (C=O) groups excluding carboxylic acids is 2. The Morgan fingerprint density at radius 1 is 1.19 bits per heavy atom. The molecule has 0 radical (unpaired) electrons. The Kier molecular flexibility index (Phi) is 5.20. The first-order chi connectivity index (χ1) is 12.7. The van der Waals surface area contributed by atoms with Gasteiger partial charge in [0.2, 0.25) is 5.91 Å². The summed E-state index contributed by atoms with van der Waals surface area (Å²) < 4.78 is 4.93. The van der Waals surface area contributed by atoms with E-state index in [-0.39, 0.29) is 5.91 Å². The largest absolute Gasteiger partial charge is 0.467 e. The van der Waals surface area contributed by atoms with Crippen molar-refractivity contribution in [1.82, 2.24) is 4.90 Å². The van der Waals surface area contributed by atoms with E-state index in [4.69, 9.17) is 10.3 Å². The highest BCUT2D eigenvalue weighted by molar-refractivity contribution is 5.94. The van der Waals surface area contributed by atoms with Crippen LogP contribution in [-0.4, -0.2) is 36.0 Å². The number of nitrogens with zero attached hydrogens (tertiary/aromatic N) is 4. The first-order valence-electron chi connectivity index (χ1n) is 8.20. The van der Waals surface area contributed by atoms with E-state index in [1.54, 1.807) is 0 Å². The van der Waals surface area contributed by atoms with Gasteiger partial charge in [-0.2, -0.15) is 0 Å². The quantitative estimate of drug-likeness (QED) is 0.263. The molecule has 0 bridgehead atoms. The predicted octanol–water partition coefficient (Wildman–Crippen LogP) is 3.03. The number of likely N-dealkylation sites (tertiary alicyclic amines) is 1. The molecule has 1 aliphatic rings. The highest BCUT2D eigenvalue weighted by atomic mass is 16.5. The number of carbonyl (C=O) groups is 2. The van der Waals surface area contributed by atoms with Gasteiger partial charge in [0.25, 0.3) is 0 Å². The van der Waals surface area contributed by atoms with Crippen molar-refractivity contribution in [2.75, 3.05) is 7.11 Å². The van der Waals surface area contributed by atoms with Crippen LogP contribution in [0, 0.1) is 0 Å². The molecule has 1 amide bonds. The van der Waals surface area contributed by atoms with Crippen LogP contribution in [0.15, 0.2) is 65.8 Å². The van der Waals surface area contributed by atoms with Gasteiger partial charge in [-0.25, -0.2) is 4.79 Å². The summed E-state index contributed by atoms with van der Waals surface area (Å²) in [5.74, 6) is -0.870. The van der Waals surface area contributed by atoms with Crippen molar-refractivity contribution in [3.8, 4) is 0 Å². The number of rotatable bonds is 6. The Morgan fingerprint density at radius 3 is 2.38 bits per heavy atom. The van der Waals surface area contributed by atoms with E-state index in [0.29, 0.717) is 6.42 Å². The smallest absolute Gasteiger partial charge is 0.328 e. The minimum Gasteiger partial charge on any atom is -0.467 e. The van der Waals surface area contributed by atoms with Gasteiger partial charge in [-0.05, 0) is 16.7 Å². The minimum absolute atomic E-state index is 0.325. The maximum atomic E-state index is 12.6. The molecule has 2 aromatic carbocycles. The number of ether oxygens (including phenoxy) is 1. The lowest BCUT2D eigenvalue weighted by atomic mass is 9.86. The molecule has 0 spiro atoms. The Morgan fingerprint density at radius 2 is 1.81 bits per heavy atom. The molecule has 3 unspecified atom stereocenters. The topological polar surface area (TPSA) is 95.4 Å². The second-order valence-corrected chi connectivity index (χ2v) is 5.98. The van der Waals surface area contributed by atoms with Crippen molar-refractivity contribution in [2.24, 2.45) is 5.11 Å². The van der Waals surface area contributed by atoms with Crippen molar-refractivity contribution in [1.29, 1.82) is 0 Å². The van der Waals surface area contributed by atoms with E-state index in [1.165, 1.54) is 12.0 Å². The SMILES string of the molecule is COC(=O)C(Cc1ccccc1)N1C(=O)C(N=[N+]=[N-])C1c1ccccc1. The molecular formula is C19H18N4O3. The molecule has 2 aromatic rings. The molecule has 1 heterocycles. The summed E-state index contributed by atoms with van der Waals surface area (Å²) in [6.07, 6.45) is 0.325. The molecular weight excluding hydrogens is 332 g/mol. The number of esters is 1. The molecule has 26 heavy (non-hydrogen) atoms. The summed E-state index contributed by atoms with van der Waals surface area (Å²) in [5, 5.41) is 3.63. The molecule has 3 atom stereocenters. The second kappa shape index (κ2) is 7.72. The Hall–Kier alpha value is -3.31. The number of benzene rings is 2. The molecule has 7 heteroatoms. The fraction of sp³-hybridized carbons (Fsp3) is 0.263. The van der Waals surface area contributed by atoms with Crippen LogP contribution in [0.1, 0.15) is 17.2 Å². The van der Waals surface area contributed by atoms with Crippen molar-refractivity contribution in [3.05, 3.63) is 82.2 Å². The maximum absolute atomic E-state index is 12.6. The number of hydrogen-bond acceptors (Lipinski definition) is 4. The van der Waals surface area contributed by atoms with E-state index in [2.05, 4.69) is 10.0 Å². The normalized spacial score (nSPS) is 19.9. The zero-order valence-corrected chi connectivity index (χ0v) is 14.2. The summed E-state index contributed by atoms with van der Waals surface area (Å²) in [6.45, 7) is 0. The van der Waals surface area contributed by atoms with E-state index in [9.17, 15) is 9.59 Å². The Balaban J connectivity index is 1.96. The lowest BCUT2D eigenvalue weighted by molar-refractivity contribution is -0.166. The van der Waals surface area contributed by atoms with Crippen molar-refractivity contribution < 1.29 is 14.3 Å². The molecule has 1 saturated heterocycles. The van der Waals surface area contributed by atoms with Crippen LogP contribution in [0.2, 0.25) is 0 Å². The van der Waals surface area contributed by atoms with Gasteiger partial charge >= 0.3 is 5.97 Å². The van der Waals surface area contributed by atoms with Gasteiger partial charge < -0.3 is 9.64 Å².